The number of aliphatic hydroxyl groups is 2. The molecule has 0 aromatic heterocycles. The van der Waals surface area contributed by atoms with Gasteiger partial charge in [-0.2, -0.15) is 0 Å². The first kappa shape index (κ1) is 24.8. The molecule has 26 heavy (non-hydrogen) atoms. The van der Waals surface area contributed by atoms with Crippen LogP contribution in [-0.4, -0.2) is 34.1 Å². The van der Waals surface area contributed by atoms with Crippen molar-refractivity contribution >= 4 is 11.7 Å². The fourth-order valence-corrected chi connectivity index (χ4v) is 2.87. The van der Waals surface area contributed by atoms with Crippen LogP contribution in [0.3, 0.4) is 0 Å². The van der Waals surface area contributed by atoms with Gasteiger partial charge in [-0.05, 0) is 32.1 Å². The van der Waals surface area contributed by atoms with Crippen LogP contribution in [-0.2, 0) is 9.59 Å². The van der Waals surface area contributed by atoms with Crippen LogP contribution in [0, 0.1) is 0 Å². The van der Waals surface area contributed by atoms with Gasteiger partial charge in [0.05, 0.1) is 6.61 Å². The summed E-state index contributed by atoms with van der Waals surface area (Å²) in [4.78, 5) is 22.8. The van der Waals surface area contributed by atoms with E-state index < -0.39 is 23.9 Å². The maximum atomic E-state index is 11.8. The van der Waals surface area contributed by atoms with Gasteiger partial charge in [0, 0.05) is 6.42 Å². The van der Waals surface area contributed by atoms with Gasteiger partial charge < -0.3 is 15.9 Å². The molecule has 1 atom stereocenters. The standard InChI is InChI=1S/C21H39NO4/c1-2-3-4-5-6-7-8-9-10-11-12-13-14-15-16-17-19(24)21(26,18-23)20(22)25/h9-10,23,26H,2-8,11-18H2,1H3,(H2,22,25)/b10-9-. The zero-order chi connectivity index (χ0) is 19.7. The maximum Gasteiger partial charge on any atom is 0.259 e. The van der Waals surface area contributed by atoms with Crippen molar-refractivity contribution in [2.24, 2.45) is 5.73 Å². The lowest BCUT2D eigenvalue weighted by atomic mass is 9.94. The van der Waals surface area contributed by atoms with E-state index in [9.17, 15) is 14.7 Å². The van der Waals surface area contributed by atoms with Gasteiger partial charge in [-0.1, -0.05) is 70.4 Å². The number of hydrogen-bond donors (Lipinski definition) is 3. The third-order valence-corrected chi connectivity index (χ3v) is 4.76. The zero-order valence-corrected chi connectivity index (χ0v) is 16.5. The number of aliphatic hydroxyl groups excluding tert-OH is 1. The first-order valence-electron chi connectivity index (χ1n) is 10.3. The van der Waals surface area contributed by atoms with E-state index in [-0.39, 0.29) is 6.42 Å². The topological polar surface area (TPSA) is 101 Å². The van der Waals surface area contributed by atoms with E-state index in [0.717, 1.165) is 32.1 Å². The van der Waals surface area contributed by atoms with Crippen molar-refractivity contribution in [3.8, 4) is 0 Å². The van der Waals surface area contributed by atoms with Crippen LogP contribution in [0.4, 0.5) is 0 Å². The summed E-state index contributed by atoms with van der Waals surface area (Å²) in [6.07, 6.45) is 19.7. The van der Waals surface area contributed by atoms with Gasteiger partial charge in [0.15, 0.2) is 5.78 Å². The lowest BCUT2D eigenvalue weighted by Crippen LogP contribution is -2.53. The van der Waals surface area contributed by atoms with Crippen LogP contribution in [0.25, 0.3) is 0 Å². The van der Waals surface area contributed by atoms with Crippen molar-refractivity contribution in [3.05, 3.63) is 12.2 Å². The van der Waals surface area contributed by atoms with Crippen LogP contribution in [0.5, 0.6) is 0 Å². The van der Waals surface area contributed by atoms with Gasteiger partial charge in [0.25, 0.3) is 5.91 Å². The molecule has 5 nitrogen and oxygen atoms in total. The predicted octanol–water partition coefficient (Wildman–Crippen LogP) is 3.80. The molecule has 0 aromatic rings. The third-order valence-electron chi connectivity index (χ3n) is 4.76. The summed E-state index contributed by atoms with van der Waals surface area (Å²) in [5.74, 6) is -1.87. The minimum atomic E-state index is -2.42. The van der Waals surface area contributed by atoms with Crippen LogP contribution < -0.4 is 5.73 Å². The van der Waals surface area contributed by atoms with Crippen LogP contribution in [0.15, 0.2) is 12.2 Å². The van der Waals surface area contributed by atoms with E-state index in [1.807, 2.05) is 0 Å². The minimum Gasteiger partial charge on any atom is -0.392 e. The van der Waals surface area contributed by atoms with E-state index in [2.05, 4.69) is 19.1 Å². The number of carbonyl (C=O) groups is 2. The van der Waals surface area contributed by atoms with Crippen molar-refractivity contribution in [1.29, 1.82) is 0 Å². The highest BCUT2D eigenvalue weighted by atomic mass is 16.4. The summed E-state index contributed by atoms with van der Waals surface area (Å²) in [5.41, 5.74) is 2.55. The Labute approximate surface area is 159 Å². The summed E-state index contributed by atoms with van der Waals surface area (Å²) in [5, 5.41) is 18.7. The van der Waals surface area contributed by atoms with E-state index in [4.69, 9.17) is 10.8 Å². The van der Waals surface area contributed by atoms with E-state index in [1.165, 1.54) is 44.9 Å². The fraction of sp³-hybridized carbons (Fsp3) is 0.810. The van der Waals surface area contributed by atoms with Crippen LogP contribution in [0.2, 0.25) is 0 Å². The summed E-state index contributed by atoms with van der Waals surface area (Å²) in [7, 11) is 0. The number of amides is 1. The lowest BCUT2D eigenvalue weighted by Gasteiger charge is -2.19. The quantitative estimate of drug-likeness (QED) is 0.194. The van der Waals surface area contributed by atoms with Gasteiger partial charge >= 0.3 is 0 Å². The molecule has 0 bridgehead atoms. The average Bonchev–Trinajstić information content (AvgIpc) is 2.63. The molecule has 1 unspecified atom stereocenters. The van der Waals surface area contributed by atoms with E-state index in [0.29, 0.717) is 6.42 Å². The molecule has 0 aliphatic carbocycles. The molecule has 0 heterocycles. The van der Waals surface area contributed by atoms with Crippen molar-refractivity contribution in [2.45, 2.75) is 102 Å². The smallest absolute Gasteiger partial charge is 0.259 e. The third kappa shape index (κ3) is 11.4. The molecule has 4 N–H and O–H groups in total. The summed E-state index contributed by atoms with van der Waals surface area (Å²) < 4.78 is 0. The molecule has 152 valence electrons. The Bertz CT molecular complexity index is 409. The summed E-state index contributed by atoms with van der Waals surface area (Å²) in [6.45, 7) is 1.29. The van der Waals surface area contributed by atoms with Gasteiger partial charge in [-0.25, -0.2) is 0 Å². The first-order valence-corrected chi connectivity index (χ1v) is 10.3. The number of allylic oxidation sites excluding steroid dienone is 2. The number of Topliss-reactive ketones (excluding diaryl/α,β-unsaturated/α-hetero) is 1. The largest absolute Gasteiger partial charge is 0.392 e. The SMILES string of the molecule is CCCCCCCC/C=C\CCCCCCCC(=O)C(O)(CO)C(N)=O. The number of rotatable bonds is 18. The van der Waals surface area contributed by atoms with Crippen molar-refractivity contribution in [3.63, 3.8) is 0 Å². The molecule has 0 radical (unpaired) electrons. The predicted molar refractivity (Wildman–Crippen MR) is 106 cm³/mol. The number of nitrogens with two attached hydrogens (primary N) is 1. The normalized spacial score (nSPS) is 13.8. The van der Waals surface area contributed by atoms with E-state index >= 15 is 0 Å². The molecular formula is C21H39NO4. The van der Waals surface area contributed by atoms with Gasteiger partial charge in [0.2, 0.25) is 5.60 Å². The van der Waals surface area contributed by atoms with Crippen molar-refractivity contribution in [1.82, 2.24) is 0 Å². The molecule has 5 heteroatoms. The molecule has 0 spiro atoms. The highest BCUT2D eigenvalue weighted by Gasteiger charge is 2.40. The average molecular weight is 370 g/mol. The number of primary amides is 1. The Kier molecular flexibility index (Phi) is 15.3. The molecular weight excluding hydrogens is 330 g/mol. The number of unbranched alkanes of at least 4 members (excludes halogenated alkanes) is 11. The Hall–Kier alpha value is -1.20. The summed E-state index contributed by atoms with van der Waals surface area (Å²) >= 11 is 0. The van der Waals surface area contributed by atoms with Crippen molar-refractivity contribution < 1.29 is 19.8 Å². The molecule has 0 aliphatic rings. The van der Waals surface area contributed by atoms with E-state index in [1.54, 1.807) is 0 Å². The fourth-order valence-electron chi connectivity index (χ4n) is 2.87. The second-order valence-corrected chi connectivity index (χ2v) is 7.14. The number of ketones is 1. The minimum absolute atomic E-state index is 0.0676. The first-order chi connectivity index (χ1) is 12.5. The highest BCUT2D eigenvalue weighted by molar-refractivity contribution is 6.08. The summed E-state index contributed by atoms with van der Waals surface area (Å²) in [6, 6.07) is 0. The zero-order valence-electron chi connectivity index (χ0n) is 16.5. The molecule has 0 fully saturated rings. The van der Waals surface area contributed by atoms with Crippen LogP contribution in [0.1, 0.15) is 96.8 Å². The molecule has 1 amide bonds. The van der Waals surface area contributed by atoms with Crippen molar-refractivity contribution in [2.75, 3.05) is 6.61 Å². The molecule has 0 aromatic carbocycles. The van der Waals surface area contributed by atoms with Gasteiger partial charge in [0.1, 0.15) is 0 Å². The Balaban J connectivity index is 3.50. The van der Waals surface area contributed by atoms with Gasteiger partial charge in [-0.15, -0.1) is 0 Å². The lowest BCUT2D eigenvalue weighted by molar-refractivity contribution is -0.154. The van der Waals surface area contributed by atoms with Gasteiger partial charge in [-0.3, -0.25) is 9.59 Å². The Morgan fingerprint density at radius 2 is 1.31 bits per heavy atom. The number of hydrogen-bond acceptors (Lipinski definition) is 4. The Morgan fingerprint density at radius 1 is 0.846 bits per heavy atom. The number of carbonyl (C=O) groups excluding carboxylic acids is 2. The second kappa shape index (κ2) is 16.0. The molecule has 0 aliphatic heterocycles. The maximum absolute atomic E-state index is 11.8. The monoisotopic (exact) mass is 369 g/mol. The molecule has 0 rings (SSSR count). The van der Waals surface area contributed by atoms with Crippen LogP contribution >= 0.6 is 0 Å². The highest BCUT2D eigenvalue weighted by Crippen LogP contribution is 2.13. The Morgan fingerprint density at radius 3 is 1.77 bits per heavy atom. The second-order valence-electron chi connectivity index (χ2n) is 7.14. The molecule has 0 saturated heterocycles. The molecule has 0 saturated carbocycles.